The maximum absolute atomic E-state index is 12.3. The van der Waals surface area contributed by atoms with Crippen LogP contribution in [0, 0.1) is 0 Å². The Balaban J connectivity index is 1.38. The van der Waals surface area contributed by atoms with E-state index in [-0.39, 0.29) is 12.5 Å². The van der Waals surface area contributed by atoms with Gasteiger partial charge in [-0.15, -0.1) is 0 Å². The van der Waals surface area contributed by atoms with E-state index in [4.69, 9.17) is 0 Å². The van der Waals surface area contributed by atoms with Crippen LogP contribution in [-0.4, -0.2) is 48.2 Å². The molecule has 1 aromatic carbocycles. The lowest BCUT2D eigenvalue weighted by molar-refractivity contribution is 0.0952. The van der Waals surface area contributed by atoms with Crippen molar-refractivity contribution in [2.75, 3.05) is 26.2 Å². The highest BCUT2D eigenvalue weighted by molar-refractivity contribution is 5.94. The zero-order valence-electron chi connectivity index (χ0n) is 14.6. The first kappa shape index (κ1) is 17.4. The molecule has 2 aliphatic rings. The Hall–Kier alpha value is -1.39. The number of aliphatic hydroxyl groups excluding tert-OH is 1. The van der Waals surface area contributed by atoms with Gasteiger partial charge in [-0.2, -0.15) is 0 Å². The van der Waals surface area contributed by atoms with E-state index in [0.29, 0.717) is 6.04 Å². The SMILES string of the molecule is O=C(NCCCCN1CCCC1CO)c1ccc2c(c1)CCCC2. The van der Waals surface area contributed by atoms with Crippen LogP contribution in [0.25, 0.3) is 0 Å². The van der Waals surface area contributed by atoms with Gasteiger partial charge in [0.25, 0.3) is 5.91 Å². The van der Waals surface area contributed by atoms with Crippen LogP contribution < -0.4 is 5.32 Å². The summed E-state index contributed by atoms with van der Waals surface area (Å²) in [4.78, 5) is 14.7. The molecule has 1 aliphatic carbocycles. The van der Waals surface area contributed by atoms with Gasteiger partial charge in [-0.05, 0) is 87.7 Å². The van der Waals surface area contributed by atoms with E-state index in [2.05, 4.69) is 22.3 Å². The fourth-order valence-corrected chi connectivity index (χ4v) is 4.01. The lowest BCUT2D eigenvalue weighted by Crippen LogP contribution is -2.33. The van der Waals surface area contributed by atoms with Crippen molar-refractivity contribution in [3.63, 3.8) is 0 Å². The summed E-state index contributed by atoms with van der Waals surface area (Å²) in [7, 11) is 0. The number of hydrogen-bond donors (Lipinski definition) is 2. The van der Waals surface area contributed by atoms with Gasteiger partial charge >= 0.3 is 0 Å². The van der Waals surface area contributed by atoms with E-state index in [1.54, 1.807) is 0 Å². The molecule has 0 spiro atoms. The number of benzene rings is 1. The van der Waals surface area contributed by atoms with Crippen LogP contribution in [0.15, 0.2) is 18.2 Å². The van der Waals surface area contributed by atoms with Crippen LogP contribution in [0.3, 0.4) is 0 Å². The molecule has 0 aromatic heterocycles. The van der Waals surface area contributed by atoms with Crippen molar-refractivity contribution in [2.45, 2.75) is 57.4 Å². The average molecular weight is 330 g/mol. The third-order valence-corrected chi connectivity index (χ3v) is 5.48. The van der Waals surface area contributed by atoms with Gasteiger partial charge in [0, 0.05) is 18.2 Å². The van der Waals surface area contributed by atoms with Crippen LogP contribution in [0.1, 0.15) is 60.0 Å². The molecule has 24 heavy (non-hydrogen) atoms. The molecule has 1 aliphatic heterocycles. The van der Waals surface area contributed by atoms with Crippen LogP contribution in [0.4, 0.5) is 0 Å². The number of fused-ring (bicyclic) bond motifs is 1. The smallest absolute Gasteiger partial charge is 0.251 e. The lowest BCUT2D eigenvalue weighted by Gasteiger charge is -2.22. The Bertz CT molecular complexity index is 559. The summed E-state index contributed by atoms with van der Waals surface area (Å²) < 4.78 is 0. The molecular formula is C20H30N2O2. The Morgan fingerprint density at radius 3 is 2.83 bits per heavy atom. The Kier molecular flexibility index (Phi) is 6.27. The summed E-state index contributed by atoms with van der Waals surface area (Å²) >= 11 is 0. The molecule has 1 unspecified atom stereocenters. The average Bonchev–Trinajstić information content (AvgIpc) is 3.08. The van der Waals surface area contributed by atoms with Crippen molar-refractivity contribution < 1.29 is 9.90 Å². The highest BCUT2D eigenvalue weighted by Gasteiger charge is 2.22. The second-order valence-electron chi connectivity index (χ2n) is 7.17. The summed E-state index contributed by atoms with van der Waals surface area (Å²) in [5, 5.41) is 12.4. The highest BCUT2D eigenvalue weighted by atomic mass is 16.3. The maximum atomic E-state index is 12.3. The monoisotopic (exact) mass is 330 g/mol. The van der Waals surface area contributed by atoms with Gasteiger partial charge in [0.15, 0.2) is 0 Å². The molecule has 1 heterocycles. The molecule has 1 fully saturated rings. The Labute approximate surface area is 145 Å². The fourth-order valence-electron chi connectivity index (χ4n) is 4.01. The summed E-state index contributed by atoms with van der Waals surface area (Å²) in [6.45, 7) is 3.13. The number of nitrogens with zero attached hydrogens (tertiary/aromatic N) is 1. The number of rotatable bonds is 7. The zero-order chi connectivity index (χ0) is 16.8. The molecule has 4 heteroatoms. The van der Waals surface area contributed by atoms with Crippen molar-refractivity contribution >= 4 is 5.91 Å². The minimum atomic E-state index is 0.0535. The van der Waals surface area contributed by atoms with Gasteiger partial charge in [0.05, 0.1) is 6.61 Å². The van der Waals surface area contributed by atoms with E-state index >= 15 is 0 Å². The van der Waals surface area contributed by atoms with Crippen molar-refractivity contribution in [3.05, 3.63) is 34.9 Å². The van der Waals surface area contributed by atoms with Crippen molar-refractivity contribution in [1.82, 2.24) is 10.2 Å². The highest BCUT2D eigenvalue weighted by Crippen LogP contribution is 2.22. The normalized spacial score (nSPS) is 20.8. The van der Waals surface area contributed by atoms with E-state index in [1.165, 1.54) is 30.4 Å². The molecule has 132 valence electrons. The van der Waals surface area contributed by atoms with Gasteiger partial charge < -0.3 is 10.4 Å². The first-order chi connectivity index (χ1) is 11.8. The Morgan fingerprint density at radius 1 is 1.17 bits per heavy atom. The molecule has 1 saturated heterocycles. The van der Waals surface area contributed by atoms with Gasteiger partial charge in [-0.3, -0.25) is 9.69 Å². The molecule has 2 N–H and O–H groups in total. The number of aliphatic hydroxyl groups is 1. The van der Waals surface area contributed by atoms with Crippen LogP contribution >= 0.6 is 0 Å². The van der Waals surface area contributed by atoms with Gasteiger partial charge in [0.1, 0.15) is 0 Å². The van der Waals surface area contributed by atoms with Gasteiger partial charge in [-0.1, -0.05) is 6.07 Å². The predicted octanol–water partition coefficient (Wildman–Crippen LogP) is 2.53. The maximum Gasteiger partial charge on any atom is 0.251 e. The lowest BCUT2D eigenvalue weighted by atomic mass is 9.90. The number of aryl methyl sites for hydroxylation is 2. The van der Waals surface area contributed by atoms with Gasteiger partial charge in [0.2, 0.25) is 0 Å². The molecule has 1 amide bonds. The molecule has 0 bridgehead atoms. The molecule has 0 saturated carbocycles. The summed E-state index contributed by atoms with van der Waals surface area (Å²) in [6.07, 6.45) is 9.15. The number of carbonyl (C=O) groups excluding carboxylic acids is 1. The summed E-state index contributed by atoms with van der Waals surface area (Å²) in [5.41, 5.74) is 3.58. The fraction of sp³-hybridized carbons (Fsp3) is 0.650. The number of amides is 1. The molecule has 1 atom stereocenters. The number of carbonyl (C=O) groups is 1. The molecule has 4 nitrogen and oxygen atoms in total. The first-order valence-corrected chi connectivity index (χ1v) is 9.53. The third kappa shape index (κ3) is 4.37. The third-order valence-electron chi connectivity index (χ3n) is 5.48. The number of likely N-dealkylation sites (tertiary alicyclic amines) is 1. The van der Waals surface area contributed by atoms with E-state index < -0.39 is 0 Å². The van der Waals surface area contributed by atoms with E-state index in [9.17, 15) is 9.90 Å². The van der Waals surface area contributed by atoms with Crippen molar-refractivity contribution in [1.29, 1.82) is 0 Å². The largest absolute Gasteiger partial charge is 0.395 e. The molecular weight excluding hydrogens is 300 g/mol. The van der Waals surface area contributed by atoms with Crippen molar-refractivity contribution in [2.24, 2.45) is 0 Å². The van der Waals surface area contributed by atoms with E-state index in [1.807, 2.05) is 6.07 Å². The predicted molar refractivity (Wildman–Crippen MR) is 96.3 cm³/mol. The summed E-state index contributed by atoms with van der Waals surface area (Å²) in [6, 6.07) is 6.54. The standard InChI is InChI=1S/C20H30N2O2/c23-15-19-8-5-13-22(19)12-4-3-11-21-20(24)18-10-9-16-6-1-2-7-17(16)14-18/h9-10,14,19,23H,1-8,11-13,15H2,(H,21,24). The summed E-state index contributed by atoms with van der Waals surface area (Å²) in [5.74, 6) is 0.0535. The van der Waals surface area contributed by atoms with Crippen LogP contribution in [0.5, 0.6) is 0 Å². The van der Waals surface area contributed by atoms with E-state index in [0.717, 1.165) is 57.3 Å². The molecule has 1 aromatic rings. The van der Waals surface area contributed by atoms with Gasteiger partial charge in [-0.25, -0.2) is 0 Å². The molecule has 0 radical (unpaired) electrons. The minimum Gasteiger partial charge on any atom is -0.395 e. The van der Waals surface area contributed by atoms with Crippen LogP contribution in [0.2, 0.25) is 0 Å². The topological polar surface area (TPSA) is 52.6 Å². The van der Waals surface area contributed by atoms with Crippen molar-refractivity contribution in [3.8, 4) is 0 Å². The van der Waals surface area contributed by atoms with Crippen LogP contribution in [-0.2, 0) is 12.8 Å². The quantitative estimate of drug-likeness (QED) is 0.756. The Morgan fingerprint density at radius 2 is 2.00 bits per heavy atom. The number of nitrogens with one attached hydrogen (secondary N) is 1. The second-order valence-corrected chi connectivity index (χ2v) is 7.17. The zero-order valence-corrected chi connectivity index (χ0v) is 14.6. The number of unbranched alkanes of at least 4 members (excludes halogenated alkanes) is 1. The second kappa shape index (κ2) is 8.63. The molecule has 3 rings (SSSR count). The first-order valence-electron chi connectivity index (χ1n) is 9.53. The minimum absolute atomic E-state index is 0.0535. The number of hydrogen-bond acceptors (Lipinski definition) is 3.